The van der Waals surface area contributed by atoms with Crippen molar-refractivity contribution in [2.75, 3.05) is 6.54 Å². The molecule has 1 unspecified atom stereocenters. The van der Waals surface area contributed by atoms with Crippen LogP contribution in [0.5, 0.6) is 0 Å². The standard InChI is InChI=1S/C17H26FN3/c1-11(2)21-15-7-6-13(18)8-14(15)20-16(21)12(10-19)9-17(3,4)5/h6-8,11-12H,9-10,19H2,1-5H3. The third kappa shape index (κ3) is 3.43. The van der Waals surface area contributed by atoms with Gasteiger partial charge in [-0.3, -0.25) is 0 Å². The first-order valence-electron chi connectivity index (χ1n) is 7.60. The van der Waals surface area contributed by atoms with Gasteiger partial charge in [-0.05, 0) is 37.8 Å². The molecule has 0 saturated heterocycles. The maximum absolute atomic E-state index is 13.5. The lowest BCUT2D eigenvalue weighted by atomic mass is 9.84. The zero-order valence-electron chi connectivity index (χ0n) is 13.7. The summed E-state index contributed by atoms with van der Waals surface area (Å²) in [7, 11) is 0. The lowest BCUT2D eigenvalue weighted by Gasteiger charge is -2.26. The Morgan fingerprint density at radius 1 is 1.29 bits per heavy atom. The molecule has 2 N–H and O–H groups in total. The minimum Gasteiger partial charge on any atom is -0.330 e. The van der Waals surface area contributed by atoms with Crippen LogP contribution in [0.2, 0.25) is 0 Å². The van der Waals surface area contributed by atoms with Crippen molar-refractivity contribution in [3.05, 3.63) is 29.8 Å². The van der Waals surface area contributed by atoms with E-state index in [1.165, 1.54) is 12.1 Å². The monoisotopic (exact) mass is 291 g/mol. The van der Waals surface area contributed by atoms with Gasteiger partial charge in [-0.15, -0.1) is 0 Å². The van der Waals surface area contributed by atoms with Crippen molar-refractivity contribution in [1.82, 2.24) is 9.55 Å². The van der Waals surface area contributed by atoms with Crippen LogP contribution in [0.15, 0.2) is 18.2 Å². The number of benzene rings is 1. The van der Waals surface area contributed by atoms with Crippen LogP contribution in [-0.2, 0) is 0 Å². The molecular weight excluding hydrogens is 265 g/mol. The van der Waals surface area contributed by atoms with E-state index in [1.807, 2.05) is 6.07 Å². The highest BCUT2D eigenvalue weighted by Crippen LogP contribution is 2.33. The summed E-state index contributed by atoms with van der Waals surface area (Å²) in [5, 5.41) is 0. The van der Waals surface area contributed by atoms with Gasteiger partial charge in [-0.2, -0.15) is 0 Å². The fraction of sp³-hybridized carbons (Fsp3) is 0.588. The summed E-state index contributed by atoms with van der Waals surface area (Å²) in [5.41, 5.74) is 7.88. The number of hydrogen-bond acceptors (Lipinski definition) is 2. The summed E-state index contributed by atoms with van der Waals surface area (Å²) >= 11 is 0. The highest BCUT2D eigenvalue weighted by atomic mass is 19.1. The number of nitrogens with two attached hydrogens (primary N) is 1. The SMILES string of the molecule is CC(C)n1c(C(CN)CC(C)(C)C)nc2cc(F)ccc21. The lowest BCUT2D eigenvalue weighted by molar-refractivity contribution is 0.329. The summed E-state index contributed by atoms with van der Waals surface area (Å²) in [6, 6.07) is 5.08. The highest BCUT2D eigenvalue weighted by Gasteiger charge is 2.25. The van der Waals surface area contributed by atoms with E-state index in [-0.39, 0.29) is 23.2 Å². The summed E-state index contributed by atoms with van der Waals surface area (Å²) in [6.45, 7) is 11.4. The molecule has 0 radical (unpaired) electrons. The largest absolute Gasteiger partial charge is 0.330 e. The van der Waals surface area contributed by atoms with Crippen molar-refractivity contribution in [1.29, 1.82) is 0 Å². The number of nitrogens with zero attached hydrogens (tertiary/aromatic N) is 2. The van der Waals surface area contributed by atoms with Gasteiger partial charge >= 0.3 is 0 Å². The molecule has 116 valence electrons. The van der Waals surface area contributed by atoms with Crippen LogP contribution in [0.1, 0.15) is 58.8 Å². The van der Waals surface area contributed by atoms with Crippen LogP contribution in [0.3, 0.4) is 0 Å². The highest BCUT2D eigenvalue weighted by molar-refractivity contribution is 5.76. The molecule has 0 aliphatic rings. The molecule has 2 aromatic rings. The average molecular weight is 291 g/mol. The number of hydrogen-bond donors (Lipinski definition) is 1. The van der Waals surface area contributed by atoms with Crippen LogP contribution in [0.25, 0.3) is 11.0 Å². The van der Waals surface area contributed by atoms with E-state index in [0.717, 1.165) is 17.8 Å². The Hall–Kier alpha value is -1.42. The maximum Gasteiger partial charge on any atom is 0.125 e. The van der Waals surface area contributed by atoms with E-state index in [2.05, 4.69) is 39.2 Å². The maximum atomic E-state index is 13.5. The number of fused-ring (bicyclic) bond motifs is 1. The first-order chi connectivity index (χ1) is 9.73. The minimum atomic E-state index is -0.248. The first kappa shape index (κ1) is 16.0. The zero-order valence-corrected chi connectivity index (χ0v) is 13.7. The number of rotatable bonds is 4. The normalized spacial score (nSPS) is 14.1. The van der Waals surface area contributed by atoms with Crippen LogP contribution >= 0.6 is 0 Å². The molecule has 1 aromatic carbocycles. The molecule has 0 saturated carbocycles. The van der Waals surface area contributed by atoms with Crippen LogP contribution in [0.4, 0.5) is 4.39 Å². The van der Waals surface area contributed by atoms with Crippen LogP contribution in [0, 0.1) is 11.2 Å². The van der Waals surface area contributed by atoms with Crippen LogP contribution < -0.4 is 5.73 Å². The molecule has 21 heavy (non-hydrogen) atoms. The van der Waals surface area contributed by atoms with Gasteiger partial charge in [-0.1, -0.05) is 20.8 Å². The van der Waals surface area contributed by atoms with E-state index in [4.69, 9.17) is 10.7 Å². The van der Waals surface area contributed by atoms with E-state index in [1.54, 1.807) is 0 Å². The smallest absolute Gasteiger partial charge is 0.125 e. The molecule has 4 heteroatoms. The second-order valence-corrected chi connectivity index (χ2v) is 7.26. The molecule has 1 heterocycles. The zero-order chi connectivity index (χ0) is 15.8. The topological polar surface area (TPSA) is 43.8 Å². The fourth-order valence-electron chi connectivity index (χ4n) is 2.94. The minimum absolute atomic E-state index is 0.176. The molecule has 0 aliphatic heterocycles. The van der Waals surface area contributed by atoms with Gasteiger partial charge in [0.25, 0.3) is 0 Å². The Balaban J connectivity index is 2.58. The van der Waals surface area contributed by atoms with Gasteiger partial charge in [0.05, 0.1) is 11.0 Å². The third-order valence-electron chi connectivity index (χ3n) is 3.70. The van der Waals surface area contributed by atoms with E-state index in [0.29, 0.717) is 12.1 Å². The molecule has 1 atom stereocenters. The van der Waals surface area contributed by atoms with E-state index in [9.17, 15) is 4.39 Å². The molecule has 3 nitrogen and oxygen atoms in total. The Kier molecular flexibility index (Phi) is 4.38. The van der Waals surface area contributed by atoms with E-state index < -0.39 is 0 Å². The van der Waals surface area contributed by atoms with Crippen molar-refractivity contribution in [3.63, 3.8) is 0 Å². The second-order valence-electron chi connectivity index (χ2n) is 7.26. The average Bonchev–Trinajstić information content (AvgIpc) is 2.72. The number of halogens is 1. The Bertz CT molecular complexity index is 623. The predicted octanol–water partition coefficient (Wildman–Crippen LogP) is 4.23. The Morgan fingerprint density at radius 2 is 1.95 bits per heavy atom. The first-order valence-corrected chi connectivity index (χ1v) is 7.60. The molecular formula is C17H26FN3. The summed E-state index contributed by atoms with van der Waals surface area (Å²) in [5.74, 6) is 0.911. The molecule has 0 aliphatic carbocycles. The van der Waals surface area contributed by atoms with Crippen molar-refractivity contribution in [3.8, 4) is 0 Å². The quantitative estimate of drug-likeness (QED) is 0.916. The molecule has 0 amide bonds. The Morgan fingerprint density at radius 3 is 2.48 bits per heavy atom. The Labute approximate surface area is 126 Å². The van der Waals surface area contributed by atoms with Crippen LogP contribution in [-0.4, -0.2) is 16.1 Å². The summed E-state index contributed by atoms with van der Waals surface area (Å²) in [4.78, 5) is 4.69. The predicted molar refractivity (Wildman–Crippen MR) is 85.9 cm³/mol. The van der Waals surface area contributed by atoms with Gasteiger partial charge in [0, 0.05) is 24.6 Å². The molecule has 0 spiro atoms. The molecule has 2 rings (SSSR count). The second kappa shape index (κ2) is 5.76. The fourth-order valence-corrected chi connectivity index (χ4v) is 2.94. The van der Waals surface area contributed by atoms with Crippen molar-refractivity contribution in [2.24, 2.45) is 11.1 Å². The van der Waals surface area contributed by atoms with Crippen molar-refractivity contribution >= 4 is 11.0 Å². The summed E-state index contributed by atoms with van der Waals surface area (Å²) < 4.78 is 15.7. The van der Waals surface area contributed by atoms with Crippen molar-refractivity contribution < 1.29 is 4.39 Å². The third-order valence-corrected chi connectivity index (χ3v) is 3.70. The van der Waals surface area contributed by atoms with Gasteiger partial charge in [0.2, 0.25) is 0 Å². The van der Waals surface area contributed by atoms with E-state index >= 15 is 0 Å². The molecule has 0 bridgehead atoms. The van der Waals surface area contributed by atoms with Gasteiger partial charge in [0.15, 0.2) is 0 Å². The molecule has 0 fully saturated rings. The van der Waals surface area contributed by atoms with Crippen molar-refractivity contribution in [2.45, 2.75) is 53.0 Å². The molecule has 1 aromatic heterocycles. The van der Waals surface area contributed by atoms with Gasteiger partial charge in [-0.25, -0.2) is 9.37 Å². The van der Waals surface area contributed by atoms with Gasteiger partial charge < -0.3 is 10.3 Å². The van der Waals surface area contributed by atoms with Gasteiger partial charge in [0.1, 0.15) is 11.6 Å². The lowest BCUT2D eigenvalue weighted by Crippen LogP contribution is -2.23. The number of aromatic nitrogens is 2. The summed E-state index contributed by atoms with van der Waals surface area (Å²) in [6.07, 6.45) is 0.960. The number of imidazole rings is 1.